The largest absolute Gasteiger partial charge is 0.507 e. The van der Waals surface area contributed by atoms with Crippen molar-refractivity contribution < 1.29 is 22.4 Å². The molecule has 0 heterocycles. The zero-order valence-electron chi connectivity index (χ0n) is 9.52. The lowest BCUT2D eigenvalue weighted by molar-refractivity contribution is 0.0544. The molecule has 0 atom stereocenters. The van der Waals surface area contributed by atoms with E-state index in [-0.39, 0.29) is 5.75 Å². The van der Waals surface area contributed by atoms with Crippen LogP contribution in [0.2, 0.25) is 0 Å². The summed E-state index contributed by atoms with van der Waals surface area (Å²) in [5.74, 6) is 0.560. The Morgan fingerprint density at radius 2 is 2.00 bits per heavy atom. The van der Waals surface area contributed by atoms with Gasteiger partial charge in [0.25, 0.3) is 0 Å². The maximum atomic E-state index is 10.7. The van der Waals surface area contributed by atoms with Gasteiger partial charge in [-0.15, -0.1) is 0 Å². The summed E-state index contributed by atoms with van der Waals surface area (Å²) in [5, 5.41) is 9.46. The van der Waals surface area contributed by atoms with Crippen LogP contribution in [0.4, 0.5) is 0 Å². The molecule has 0 aromatic heterocycles. The molecule has 1 rings (SSSR count). The third-order valence-electron chi connectivity index (χ3n) is 1.93. The first kappa shape index (κ1) is 14.3. The van der Waals surface area contributed by atoms with Crippen LogP contribution in [0.25, 0.3) is 0 Å². The Labute approximate surface area is 110 Å². The molecular formula is C11H15IO5. The van der Waals surface area contributed by atoms with E-state index in [9.17, 15) is 8.18 Å². The number of phenols is 1. The van der Waals surface area contributed by atoms with E-state index in [4.69, 9.17) is 14.2 Å². The molecule has 96 valence electrons. The number of phenolic OH excluding ortho intramolecular Hbond substituents is 1. The molecular weight excluding hydrogens is 339 g/mol. The van der Waals surface area contributed by atoms with Crippen LogP contribution in [-0.4, -0.2) is 38.6 Å². The highest BCUT2D eigenvalue weighted by Gasteiger charge is 2.02. The van der Waals surface area contributed by atoms with E-state index in [0.717, 1.165) is 0 Å². The predicted molar refractivity (Wildman–Crippen MR) is 69.7 cm³/mol. The lowest BCUT2D eigenvalue weighted by Gasteiger charge is -2.07. The molecule has 0 fully saturated rings. The number of methoxy groups -OCH3 is 1. The zero-order valence-corrected chi connectivity index (χ0v) is 11.7. The highest BCUT2D eigenvalue weighted by molar-refractivity contribution is 14.1. The maximum Gasteiger partial charge on any atom is 0.185 e. The Bertz CT molecular complexity index is 356. The Balaban J connectivity index is 2.27. The van der Waals surface area contributed by atoms with Gasteiger partial charge in [-0.1, -0.05) is 0 Å². The second kappa shape index (κ2) is 8.37. The third kappa shape index (κ3) is 5.42. The first-order chi connectivity index (χ1) is 8.27. The minimum Gasteiger partial charge on any atom is -0.507 e. The molecule has 0 aliphatic heterocycles. The van der Waals surface area contributed by atoms with Crippen LogP contribution < -0.4 is 4.74 Å². The molecule has 1 aromatic carbocycles. The van der Waals surface area contributed by atoms with Crippen LogP contribution in [0, 0.1) is 3.57 Å². The van der Waals surface area contributed by atoms with Gasteiger partial charge < -0.3 is 19.3 Å². The van der Waals surface area contributed by atoms with Crippen molar-refractivity contribution in [3.63, 3.8) is 0 Å². The molecule has 0 bridgehead atoms. The zero-order chi connectivity index (χ0) is 12.5. The number of aromatic hydroxyl groups is 1. The molecule has 17 heavy (non-hydrogen) atoms. The molecule has 1 N–H and O–H groups in total. The summed E-state index contributed by atoms with van der Waals surface area (Å²) in [7, 11) is 1.61. The fourth-order valence-corrected chi connectivity index (χ4v) is 1.82. The summed E-state index contributed by atoms with van der Waals surface area (Å²) in [6.07, 6.45) is 0. The topological polar surface area (TPSA) is 65.0 Å². The van der Waals surface area contributed by atoms with E-state index in [1.165, 1.54) is 6.07 Å². The molecule has 1 aromatic rings. The lowest BCUT2D eigenvalue weighted by atomic mass is 10.3. The smallest absolute Gasteiger partial charge is 0.185 e. The second-order valence-corrected chi connectivity index (χ2v) is 4.75. The van der Waals surface area contributed by atoms with E-state index in [1.807, 2.05) is 0 Å². The molecule has 0 amide bonds. The summed E-state index contributed by atoms with van der Waals surface area (Å²) in [6, 6.07) is 4.75. The SMILES string of the molecule is COCCOCCOc1ccc(I=O)c(O)c1. The van der Waals surface area contributed by atoms with E-state index >= 15 is 0 Å². The number of halogens is 1. The first-order valence-corrected chi connectivity index (χ1v) is 7.03. The minimum absolute atomic E-state index is 0.0191. The molecule has 5 nitrogen and oxygen atoms in total. The van der Waals surface area contributed by atoms with Gasteiger partial charge in [-0.25, -0.2) is 0 Å². The standard InChI is InChI=1S/C11H15IO5/c1-15-4-5-16-6-7-17-9-2-3-10(12-14)11(13)8-9/h2-3,8,13H,4-7H2,1H3. The average molecular weight is 354 g/mol. The van der Waals surface area contributed by atoms with Crippen molar-refractivity contribution in [2.24, 2.45) is 0 Å². The molecule has 0 saturated heterocycles. The van der Waals surface area contributed by atoms with Crippen molar-refractivity contribution in [1.29, 1.82) is 0 Å². The van der Waals surface area contributed by atoms with Gasteiger partial charge in [-0.2, -0.15) is 0 Å². The average Bonchev–Trinajstić information content (AvgIpc) is 2.34. The van der Waals surface area contributed by atoms with Crippen molar-refractivity contribution in [1.82, 2.24) is 0 Å². The first-order valence-electron chi connectivity index (χ1n) is 5.07. The number of ether oxygens (including phenoxy) is 3. The van der Waals surface area contributed by atoms with Gasteiger partial charge in [-0.3, -0.25) is 3.07 Å². The molecule has 0 saturated carbocycles. The van der Waals surface area contributed by atoms with Crippen LogP contribution in [0.15, 0.2) is 18.2 Å². The second-order valence-electron chi connectivity index (χ2n) is 3.14. The van der Waals surface area contributed by atoms with E-state index in [2.05, 4.69) is 0 Å². The van der Waals surface area contributed by atoms with Crippen molar-refractivity contribution >= 4 is 21.2 Å². The Hall–Kier alpha value is -0.730. The van der Waals surface area contributed by atoms with Gasteiger partial charge >= 0.3 is 0 Å². The van der Waals surface area contributed by atoms with Gasteiger partial charge in [0.1, 0.15) is 18.1 Å². The Morgan fingerprint density at radius 3 is 2.65 bits per heavy atom. The summed E-state index contributed by atoms with van der Waals surface area (Å²) in [4.78, 5) is 0. The van der Waals surface area contributed by atoms with Gasteiger partial charge in [0.2, 0.25) is 0 Å². The fraction of sp³-hybridized carbons (Fsp3) is 0.455. The van der Waals surface area contributed by atoms with Gasteiger partial charge in [-0.05, 0) is 12.1 Å². The summed E-state index contributed by atoms with van der Waals surface area (Å²) < 4.78 is 26.6. The molecule has 0 unspecified atom stereocenters. The number of rotatable bonds is 8. The quantitative estimate of drug-likeness (QED) is 0.571. The molecule has 0 aliphatic carbocycles. The normalized spacial score (nSPS) is 10.4. The Morgan fingerprint density at radius 1 is 1.24 bits per heavy atom. The van der Waals surface area contributed by atoms with E-state index in [0.29, 0.717) is 35.7 Å². The Kier molecular flexibility index (Phi) is 7.06. The van der Waals surface area contributed by atoms with E-state index in [1.54, 1.807) is 19.2 Å². The minimum atomic E-state index is -1.34. The van der Waals surface area contributed by atoms with Crippen molar-refractivity contribution in [2.45, 2.75) is 0 Å². The maximum absolute atomic E-state index is 10.7. The molecule has 0 spiro atoms. The molecule has 6 heteroatoms. The van der Waals surface area contributed by atoms with Crippen LogP contribution in [-0.2, 0) is 12.5 Å². The van der Waals surface area contributed by atoms with Crippen LogP contribution in [0.1, 0.15) is 0 Å². The van der Waals surface area contributed by atoms with E-state index < -0.39 is 21.2 Å². The monoisotopic (exact) mass is 354 g/mol. The molecule has 0 radical (unpaired) electrons. The highest BCUT2D eigenvalue weighted by Crippen LogP contribution is 2.26. The van der Waals surface area contributed by atoms with Crippen LogP contribution in [0.3, 0.4) is 0 Å². The fourth-order valence-electron chi connectivity index (χ4n) is 1.11. The van der Waals surface area contributed by atoms with Gasteiger partial charge in [0, 0.05) is 13.2 Å². The lowest BCUT2D eigenvalue weighted by Crippen LogP contribution is -2.09. The van der Waals surface area contributed by atoms with Crippen molar-refractivity contribution in [3.8, 4) is 11.5 Å². The number of hydrogen-bond donors (Lipinski definition) is 1. The summed E-state index contributed by atoms with van der Waals surface area (Å²) in [6.45, 7) is 1.95. The summed E-state index contributed by atoms with van der Waals surface area (Å²) >= 11 is -1.34. The third-order valence-corrected chi connectivity index (χ3v) is 3.32. The number of benzene rings is 1. The summed E-state index contributed by atoms with van der Waals surface area (Å²) in [5.41, 5.74) is 0. The molecule has 0 aliphatic rings. The van der Waals surface area contributed by atoms with Gasteiger partial charge in [0.05, 0.1) is 23.4 Å². The van der Waals surface area contributed by atoms with Crippen LogP contribution >= 0.6 is 21.2 Å². The number of hydrogen-bond acceptors (Lipinski definition) is 5. The van der Waals surface area contributed by atoms with Gasteiger partial charge in [0.15, 0.2) is 21.2 Å². The van der Waals surface area contributed by atoms with Crippen molar-refractivity contribution in [2.75, 3.05) is 33.5 Å². The highest BCUT2D eigenvalue weighted by atomic mass is 127. The van der Waals surface area contributed by atoms with Crippen molar-refractivity contribution in [3.05, 3.63) is 21.8 Å². The predicted octanol–water partition coefficient (Wildman–Crippen LogP) is 1.92. The van der Waals surface area contributed by atoms with Crippen LogP contribution in [0.5, 0.6) is 11.5 Å².